The molecule has 1 aromatic rings. The van der Waals surface area contributed by atoms with Crippen molar-refractivity contribution in [2.45, 2.75) is 38.4 Å². The van der Waals surface area contributed by atoms with Crippen LogP contribution in [0.3, 0.4) is 0 Å². The molecule has 0 bridgehead atoms. The van der Waals surface area contributed by atoms with E-state index < -0.39 is 11.8 Å². The predicted molar refractivity (Wildman–Crippen MR) is 82.2 cm³/mol. The van der Waals surface area contributed by atoms with Crippen molar-refractivity contribution >= 4 is 28.2 Å². The molecule has 0 atom stereocenters. The summed E-state index contributed by atoms with van der Waals surface area (Å²) in [5.74, 6) is 0.178. The maximum absolute atomic E-state index is 11.9. The van der Waals surface area contributed by atoms with Gasteiger partial charge in [0, 0.05) is 28.8 Å². The lowest BCUT2D eigenvalue weighted by atomic mass is 9.86. The molecule has 1 aliphatic heterocycles. The predicted octanol–water partition coefficient (Wildman–Crippen LogP) is 3.40. The van der Waals surface area contributed by atoms with Crippen LogP contribution in [-0.4, -0.2) is 25.2 Å². The summed E-state index contributed by atoms with van der Waals surface area (Å²) in [6.07, 6.45) is 3.83. The Labute approximate surface area is 137 Å². The Morgan fingerprint density at radius 3 is 2.68 bits per heavy atom. The molecule has 22 heavy (non-hydrogen) atoms. The molecule has 0 N–H and O–H groups in total. The van der Waals surface area contributed by atoms with Gasteiger partial charge in [-0.1, -0.05) is 0 Å². The van der Waals surface area contributed by atoms with Crippen molar-refractivity contribution < 1.29 is 23.8 Å². The van der Waals surface area contributed by atoms with E-state index in [2.05, 4.69) is 15.9 Å². The number of ether oxygens (including phenoxy) is 3. The van der Waals surface area contributed by atoms with E-state index in [0.29, 0.717) is 39.9 Å². The number of halogens is 1. The normalized spacial score (nSPS) is 26.0. The summed E-state index contributed by atoms with van der Waals surface area (Å²) in [5, 5.41) is 0. The van der Waals surface area contributed by atoms with Crippen molar-refractivity contribution in [3.63, 3.8) is 0 Å². The zero-order chi connectivity index (χ0) is 15.9. The number of hydrogen-bond donors (Lipinski definition) is 0. The van der Waals surface area contributed by atoms with E-state index in [1.165, 1.54) is 7.11 Å². The van der Waals surface area contributed by atoms with E-state index in [0.717, 1.165) is 19.1 Å². The summed E-state index contributed by atoms with van der Waals surface area (Å²) in [6.45, 7) is 1.81. The Kier molecular flexibility index (Phi) is 3.89. The molecule has 1 aliphatic carbocycles. The zero-order valence-corrected chi connectivity index (χ0v) is 14.1. The molecule has 1 saturated carbocycles. The molecule has 2 aliphatic rings. The van der Waals surface area contributed by atoms with Crippen molar-refractivity contribution in [1.29, 1.82) is 0 Å². The Bertz CT molecular complexity index is 632. The van der Waals surface area contributed by atoms with Crippen molar-refractivity contribution in [2.75, 3.05) is 7.11 Å². The molecule has 0 radical (unpaired) electrons. The summed E-state index contributed by atoms with van der Waals surface area (Å²) >= 11 is 3.39. The fourth-order valence-electron chi connectivity index (χ4n) is 3.11. The Balaban J connectivity index is 1.92. The SMILES string of the molecule is COC(=O)c1c(Br)cc2c(c1C)OC1(CCC(C=O)CC1)O2. The van der Waals surface area contributed by atoms with Crippen LogP contribution >= 0.6 is 15.9 Å². The van der Waals surface area contributed by atoms with Gasteiger partial charge < -0.3 is 19.0 Å². The lowest BCUT2D eigenvalue weighted by Gasteiger charge is -2.33. The van der Waals surface area contributed by atoms with E-state index >= 15 is 0 Å². The van der Waals surface area contributed by atoms with Crippen LogP contribution in [0, 0.1) is 12.8 Å². The molecular weight excluding hydrogens is 352 g/mol. The average Bonchev–Trinajstić information content (AvgIpc) is 2.86. The first-order valence-electron chi connectivity index (χ1n) is 7.24. The van der Waals surface area contributed by atoms with Gasteiger partial charge in [0.15, 0.2) is 11.5 Å². The second-order valence-electron chi connectivity index (χ2n) is 5.77. The fourth-order valence-corrected chi connectivity index (χ4v) is 3.78. The van der Waals surface area contributed by atoms with Crippen LogP contribution in [0.1, 0.15) is 41.6 Å². The van der Waals surface area contributed by atoms with Crippen LogP contribution in [0.4, 0.5) is 0 Å². The lowest BCUT2D eigenvalue weighted by Crippen LogP contribution is -2.42. The van der Waals surface area contributed by atoms with Gasteiger partial charge in [-0.15, -0.1) is 0 Å². The highest BCUT2D eigenvalue weighted by molar-refractivity contribution is 9.10. The highest BCUT2D eigenvalue weighted by Crippen LogP contribution is 2.50. The molecule has 5 nitrogen and oxygen atoms in total. The van der Waals surface area contributed by atoms with Crippen LogP contribution in [0.2, 0.25) is 0 Å². The van der Waals surface area contributed by atoms with Crippen LogP contribution in [-0.2, 0) is 9.53 Å². The standard InChI is InChI=1S/C16H17BrO5/c1-9-13(15(19)20-2)11(17)7-12-14(9)22-16(21-12)5-3-10(8-18)4-6-16/h7-8,10H,3-6H2,1-2H3. The third-order valence-electron chi connectivity index (χ3n) is 4.39. The first kappa shape index (κ1) is 15.3. The van der Waals surface area contributed by atoms with Crippen molar-refractivity contribution in [2.24, 2.45) is 5.92 Å². The number of methoxy groups -OCH3 is 1. The molecule has 118 valence electrons. The average molecular weight is 369 g/mol. The Hall–Kier alpha value is -1.56. The molecule has 1 spiro atoms. The van der Waals surface area contributed by atoms with Gasteiger partial charge in [0.1, 0.15) is 6.29 Å². The van der Waals surface area contributed by atoms with Crippen LogP contribution < -0.4 is 9.47 Å². The van der Waals surface area contributed by atoms with Gasteiger partial charge in [-0.3, -0.25) is 0 Å². The maximum Gasteiger partial charge on any atom is 0.339 e. The number of esters is 1. The quantitative estimate of drug-likeness (QED) is 0.591. The van der Waals surface area contributed by atoms with Gasteiger partial charge in [0.25, 0.3) is 5.79 Å². The molecule has 0 unspecified atom stereocenters. The molecule has 1 aromatic carbocycles. The summed E-state index contributed by atoms with van der Waals surface area (Å²) < 4.78 is 17.6. The lowest BCUT2D eigenvalue weighted by molar-refractivity contribution is -0.126. The van der Waals surface area contributed by atoms with Gasteiger partial charge in [-0.2, -0.15) is 0 Å². The van der Waals surface area contributed by atoms with Gasteiger partial charge >= 0.3 is 5.97 Å². The number of hydrogen-bond acceptors (Lipinski definition) is 5. The minimum absolute atomic E-state index is 0.0833. The van der Waals surface area contributed by atoms with Crippen LogP contribution in [0.5, 0.6) is 11.5 Å². The first-order chi connectivity index (χ1) is 10.5. The molecule has 1 heterocycles. The summed E-state index contributed by atoms with van der Waals surface area (Å²) in [4.78, 5) is 22.8. The number of rotatable bonds is 2. The van der Waals surface area contributed by atoms with Gasteiger partial charge in [0.05, 0.1) is 12.7 Å². The van der Waals surface area contributed by atoms with E-state index in [1.807, 2.05) is 6.92 Å². The first-order valence-corrected chi connectivity index (χ1v) is 8.03. The Morgan fingerprint density at radius 1 is 1.41 bits per heavy atom. The molecule has 3 rings (SSSR count). The number of carbonyl (C=O) groups excluding carboxylic acids is 2. The summed E-state index contributed by atoms with van der Waals surface area (Å²) in [6, 6.07) is 1.75. The maximum atomic E-state index is 11.9. The van der Waals surface area contributed by atoms with Crippen molar-refractivity contribution in [1.82, 2.24) is 0 Å². The molecule has 0 aromatic heterocycles. The number of benzene rings is 1. The van der Waals surface area contributed by atoms with E-state index in [-0.39, 0.29) is 5.92 Å². The van der Waals surface area contributed by atoms with Crippen LogP contribution in [0.15, 0.2) is 10.5 Å². The third-order valence-corrected chi connectivity index (χ3v) is 5.02. The van der Waals surface area contributed by atoms with E-state index in [4.69, 9.17) is 14.2 Å². The highest BCUT2D eigenvalue weighted by atomic mass is 79.9. The molecule has 0 amide bonds. The largest absolute Gasteiger partial charge is 0.465 e. The zero-order valence-electron chi connectivity index (χ0n) is 12.5. The van der Waals surface area contributed by atoms with Gasteiger partial charge in [0.2, 0.25) is 0 Å². The second-order valence-corrected chi connectivity index (χ2v) is 6.62. The number of aldehydes is 1. The monoisotopic (exact) mass is 368 g/mol. The van der Waals surface area contributed by atoms with E-state index in [1.54, 1.807) is 6.07 Å². The summed E-state index contributed by atoms with van der Waals surface area (Å²) in [7, 11) is 1.35. The number of fused-ring (bicyclic) bond motifs is 1. The Morgan fingerprint density at radius 2 is 2.09 bits per heavy atom. The van der Waals surface area contributed by atoms with Gasteiger partial charge in [-0.25, -0.2) is 4.79 Å². The minimum atomic E-state index is -0.708. The molecule has 0 saturated heterocycles. The van der Waals surface area contributed by atoms with E-state index in [9.17, 15) is 9.59 Å². The fraction of sp³-hybridized carbons (Fsp3) is 0.500. The molecular formula is C16H17BrO5. The van der Waals surface area contributed by atoms with Crippen LogP contribution in [0.25, 0.3) is 0 Å². The number of carbonyl (C=O) groups is 2. The molecule has 1 fully saturated rings. The van der Waals surface area contributed by atoms with Crippen molar-refractivity contribution in [3.8, 4) is 11.5 Å². The third kappa shape index (κ3) is 2.39. The van der Waals surface area contributed by atoms with Crippen molar-refractivity contribution in [3.05, 3.63) is 21.7 Å². The summed E-state index contributed by atoms with van der Waals surface area (Å²) in [5.41, 5.74) is 1.15. The van der Waals surface area contributed by atoms with Gasteiger partial charge in [-0.05, 0) is 41.8 Å². The highest BCUT2D eigenvalue weighted by Gasteiger charge is 2.46. The minimum Gasteiger partial charge on any atom is -0.465 e. The topological polar surface area (TPSA) is 61.8 Å². The second kappa shape index (κ2) is 5.57. The smallest absolute Gasteiger partial charge is 0.339 e. The molecule has 6 heteroatoms.